The Bertz CT molecular complexity index is 739. The highest BCUT2D eigenvalue weighted by molar-refractivity contribution is 7.90. The van der Waals surface area contributed by atoms with Crippen molar-refractivity contribution in [2.45, 2.75) is 30.6 Å². The number of rotatable bonds is 5. The zero-order valence-electron chi connectivity index (χ0n) is 13.5. The highest BCUT2D eigenvalue weighted by atomic mass is 32.2. The van der Waals surface area contributed by atoms with Crippen molar-refractivity contribution in [2.75, 3.05) is 31.5 Å². The first-order valence-corrected chi connectivity index (χ1v) is 9.81. The molecule has 0 aliphatic carbocycles. The number of hydrogen-bond acceptors (Lipinski definition) is 4. The Morgan fingerprint density at radius 1 is 1.21 bits per heavy atom. The average Bonchev–Trinajstić information content (AvgIpc) is 3.21. The number of amides is 1. The normalized spacial score (nSPS) is 18.4. The van der Waals surface area contributed by atoms with E-state index in [4.69, 9.17) is 0 Å². The molecule has 0 spiro atoms. The van der Waals surface area contributed by atoms with Gasteiger partial charge in [-0.25, -0.2) is 8.42 Å². The van der Waals surface area contributed by atoms with Crippen molar-refractivity contribution < 1.29 is 18.1 Å². The molecule has 1 fully saturated rings. The van der Waals surface area contributed by atoms with Gasteiger partial charge < -0.3 is 10.2 Å². The highest BCUT2D eigenvalue weighted by Gasteiger charge is 2.21. The average molecular weight is 351 g/mol. The molecule has 3 N–H and O–H groups in total. The third-order valence-corrected chi connectivity index (χ3v) is 5.65. The fourth-order valence-corrected chi connectivity index (χ4v) is 4.20. The van der Waals surface area contributed by atoms with Crippen LogP contribution < -0.4 is 14.9 Å². The topological polar surface area (TPSA) is 92.1 Å². The molecule has 8 heteroatoms. The van der Waals surface area contributed by atoms with Crippen molar-refractivity contribution in [3.63, 3.8) is 0 Å². The smallest absolute Gasteiger partial charge is 0.279 e. The van der Waals surface area contributed by atoms with E-state index in [1.807, 2.05) is 0 Å². The number of anilines is 1. The number of likely N-dealkylation sites (tertiary alicyclic amines) is 1. The lowest BCUT2D eigenvalue weighted by molar-refractivity contribution is -0.878. The Kier molecular flexibility index (Phi) is 5.15. The van der Waals surface area contributed by atoms with Gasteiger partial charge in [0.25, 0.3) is 15.9 Å². The summed E-state index contributed by atoms with van der Waals surface area (Å²) >= 11 is 0. The van der Waals surface area contributed by atoms with Gasteiger partial charge in [0.15, 0.2) is 6.54 Å². The van der Waals surface area contributed by atoms with Gasteiger partial charge in [-0.05, 0) is 24.6 Å². The fourth-order valence-electron chi connectivity index (χ4n) is 3.06. The zero-order chi connectivity index (χ0) is 17.0. The summed E-state index contributed by atoms with van der Waals surface area (Å²) < 4.78 is 27.3. The van der Waals surface area contributed by atoms with E-state index in [-0.39, 0.29) is 10.8 Å². The van der Waals surface area contributed by atoms with Crippen molar-refractivity contribution in [3.8, 4) is 0 Å². The van der Waals surface area contributed by atoms with Gasteiger partial charge in [-0.3, -0.25) is 14.5 Å². The van der Waals surface area contributed by atoms with Gasteiger partial charge in [0.2, 0.25) is 0 Å². The van der Waals surface area contributed by atoms with Crippen LogP contribution in [0, 0.1) is 0 Å². The first kappa shape index (κ1) is 16.9. The second-order valence-electron chi connectivity index (χ2n) is 6.25. The molecule has 1 saturated heterocycles. The van der Waals surface area contributed by atoms with Crippen LogP contribution in [-0.4, -0.2) is 46.3 Å². The molecule has 0 unspecified atom stereocenters. The lowest BCUT2D eigenvalue weighted by Gasteiger charge is -2.13. The van der Waals surface area contributed by atoms with Gasteiger partial charge in [-0.2, -0.15) is 0 Å². The maximum absolute atomic E-state index is 12.4. The number of sulfonamides is 1. The number of carbonyl (C=O) groups is 1. The first-order valence-electron chi connectivity index (χ1n) is 8.32. The molecular formula is C16H23N4O3S+. The minimum Gasteiger partial charge on any atom is -0.327 e. The Labute approximate surface area is 142 Å². The van der Waals surface area contributed by atoms with Crippen molar-refractivity contribution in [1.29, 1.82) is 0 Å². The van der Waals surface area contributed by atoms with Crippen LogP contribution in [0.1, 0.15) is 25.7 Å². The Balaban J connectivity index is 1.65. The molecule has 2 aliphatic heterocycles. The summed E-state index contributed by atoms with van der Waals surface area (Å²) in [5.74, 6) is 0.414. The molecule has 0 bridgehead atoms. The molecule has 0 saturated carbocycles. The number of quaternary nitrogens is 1. The molecule has 1 aromatic rings. The van der Waals surface area contributed by atoms with E-state index in [2.05, 4.69) is 15.0 Å². The van der Waals surface area contributed by atoms with Crippen LogP contribution in [0.5, 0.6) is 0 Å². The number of carbonyl (C=O) groups excluding carboxylic acids is 1. The minimum atomic E-state index is -3.66. The standard InChI is InChI=1S/C16H22N4O3S/c21-16(12-20-9-1-2-10-20)18-13-5-3-6-14(11-13)24(22,23)19-15-7-4-8-17-15/h3,5-6,11H,1-2,4,7-10,12H2,(H,17,19)(H,18,21)/p+1. The van der Waals surface area contributed by atoms with E-state index < -0.39 is 10.0 Å². The number of amidine groups is 1. The molecule has 0 aromatic heterocycles. The molecule has 7 nitrogen and oxygen atoms in total. The van der Waals surface area contributed by atoms with E-state index in [1.54, 1.807) is 12.1 Å². The van der Waals surface area contributed by atoms with Crippen LogP contribution in [0.2, 0.25) is 0 Å². The number of nitrogens with zero attached hydrogens (tertiary/aromatic N) is 1. The van der Waals surface area contributed by atoms with E-state index in [1.165, 1.54) is 17.0 Å². The van der Waals surface area contributed by atoms with Crippen molar-refractivity contribution >= 4 is 27.5 Å². The van der Waals surface area contributed by atoms with E-state index in [0.717, 1.165) is 32.4 Å². The Hall–Kier alpha value is -1.93. The largest absolute Gasteiger partial charge is 0.327 e. The Morgan fingerprint density at radius 2 is 2.00 bits per heavy atom. The maximum Gasteiger partial charge on any atom is 0.279 e. The van der Waals surface area contributed by atoms with Gasteiger partial charge in [0.1, 0.15) is 5.84 Å². The van der Waals surface area contributed by atoms with E-state index in [9.17, 15) is 13.2 Å². The molecule has 2 aliphatic rings. The molecule has 1 amide bonds. The number of hydrogen-bond donors (Lipinski definition) is 3. The van der Waals surface area contributed by atoms with Crippen molar-refractivity contribution in [3.05, 3.63) is 24.3 Å². The van der Waals surface area contributed by atoms with Crippen LogP contribution in [-0.2, 0) is 14.8 Å². The number of nitrogens with one attached hydrogen (secondary N) is 3. The second-order valence-corrected chi connectivity index (χ2v) is 7.93. The number of aliphatic imine (C=N–C) groups is 1. The van der Waals surface area contributed by atoms with Crippen LogP contribution in [0.4, 0.5) is 5.69 Å². The molecule has 3 rings (SSSR count). The van der Waals surface area contributed by atoms with Gasteiger partial charge in [-0.15, -0.1) is 0 Å². The summed E-state index contributed by atoms with van der Waals surface area (Å²) in [5, 5.41) is 2.79. The van der Waals surface area contributed by atoms with Gasteiger partial charge >= 0.3 is 0 Å². The van der Waals surface area contributed by atoms with E-state index in [0.29, 0.717) is 31.0 Å². The summed E-state index contributed by atoms with van der Waals surface area (Å²) in [6.07, 6.45) is 3.83. The third-order valence-electron chi connectivity index (χ3n) is 4.28. The summed E-state index contributed by atoms with van der Waals surface area (Å²) in [6.45, 7) is 3.13. The van der Waals surface area contributed by atoms with E-state index >= 15 is 0 Å². The van der Waals surface area contributed by atoms with Crippen LogP contribution in [0.3, 0.4) is 0 Å². The molecule has 2 heterocycles. The van der Waals surface area contributed by atoms with Crippen LogP contribution in [0.15, 0.2) is 34.2 Å². The lowest BCUT2D eigenvalue weighted by Crippen LogP contribution is -3.11. The third kappa shape index (κ3) is 4.33. The molecule has 130 valence electrons. The predicted octanol–water partition coefficient (Wildman–Crippen LogP) is -0.226. The molecular weight excluding hydrogens is 328 g/mol. The monoisotopic (exact) mass is 351 g/mol. The van der Waals surface area contributed by atoms with Crippen LogP contribution >= 0.6 is 0 Å². The fraction of sp³-hybridized carbons (Fsp3) is 0.500. The quantitative estimate of drug-likeness (QED) is 0.684. The lowest BCUT2D eigenvalue weighted by atomic mass is 10.3. The van der Waals surface area contributed by atoms with Crippen LogP contribution in [0.25, 0.3) is 0 Å². The molecule has 24 heavy (non-hydrogen) atoms. The van der Waals surface area contributed by atoms with Gasteiger partial charge in [-0.1, -0.05) is 6.07 Å². The summed E-state index contributed by atoms with van der Waals surface area (Å²) in [6, 6.07) is 6.32. The summed E-state index contributed by atoms with van der Waals surface area (Å²) in [4.78, 5) is 17.6. The van der Waals surface area contributed by atoms with Crippen molar-refractivity contribution in [2.24, 2.45) is 4.99 Å². The minimum absolute atomic E-state index is 0.0884. The first-order chi connectivity index (χ1) is 11.5. The highest BCUT2D eigenvalue weighted by Crippen LogP contribution is 2.16. The van der Waals surface area contributed by atoms with Gasteiger partial charge in [0, 0.05) is 31.5 Å². The zero-order valence-corrected chi connectivity index (χ0v) is 14.4. The van der Waals surface area contributed by atoms with Crippen molar-refractivity contribution in [1.82, 2.24) is 4.72 Å². The molecule has 0 atom stereocenters. The second kappa shape index (κ2) is 7.31. The molecule has 1 aromatic carbocycles. The summed E-state index contributed by atoms with van der Waals surface area (Å²) in [7, 11) is -3.66. The predicted molar refractivity (Wildman–Crippen MR) is 91.7 cm³/mol. The van der Waals surface area contributed by atoms with Gasteiger partial charge in [0.05, 0.1) is 18.0 Å². The maximum atomic E-state index is 12.4. The molecule has 0 radical (unpaired) electrons. The Morgan fingerprint density at radius 3 is 2.71 bits per heavy atom. The number of benzene rings is 1. The summed E-state index contributed by atoms with van der Waals surface area (Å²) in [5.41, 5.74) is 0.495. The SMILES string of the molecule is O=C(C[NH+]1CCCC1)Nc1cccc(S(=O)(=O)NC2=NCCC2)c1.